The quantitative estimate of drug-likeness (QED) is 0.724. The zero-order chi connectivity index (χ0) is 11.1. The van der Waals surface area contributed by atoms with Gasteiger partial charge in [-0.2, -0.15) is 13.2 Å². The molecule has 1 aliphatic heterocycles. The molecule has 15 heavy (non-hydrogen) atoms. The van der Waals surface area contributed by atoms with Crippen LogP contribution in [0.4, 0.5) is 13.2 Å². The van der Waals surface area contributed by atoms with E-state index in [-0.39, 0.29) is 12.3 Å². The highest BCUT2D eigenvalue weighted by molar-refractivity contribution is 5.97. The molecule has 0 aromatic rings. The number of carbonyl (C=O) groups is 1. The number of halogens is 3. The molecule has 3 nitrogen and oxygen atoms in total. The van der Waals surface area contributed by atoms with E-state index in [4.69, 9.17) is 0 Å². The Bertz CT molecular complexity index is 322. The number of ketones is 1. The van der Waals surface area contributed by atoms with Crippen molar-refractivity contribution in [2.75, 3.05) is 13.1 Å². The highest BCUT2D eigenvalue weighted by Gasteiger charge is 2.36. The molecule has 1 heterocycles. The maximum atomic E-state index is 12.1. The molecule has 0 bridgehead atoms. The summed E-state index contributed by atoms with van der Waals surface area (Å²) < 4.78 is 36.3. The predicted molar refractivity (Wildman–Crippen MR) is 46.6 cm³/mol. The van der Waals surface area contributed by atoms with Crippen molar-refractivity contribution in [3.8, 4) is 0 Å². The molecule has 2 rings (SSSR count). The van der Waals surface area contributed by atoms with E-state index in [0.29, 0.717) is 24.1 Å². The van der Waals surface area contributed by atoms with Gasteiger partial charge in [-0.25, -0.2) is 5.01 Å². The first kappa shape index (κ1) is 10.5. The average molecular weight is 220 g/mol. The lowest BCUT2D eigenvalue weighted by Gasteiger charge is -2.19. The maximum absolute atomic E-state index is 12.1. The number of Topliss-reactive ketones (excluding diaryl/α,β-unsaturated/α-hetero) is 1. The minimum absolute atomic E-state index is 0.0200. The normalized spacial score (nSPS) is 23.0. The summed E-state index contributed by atoms with van der Waals surface area (Å²) in [7, 11) is 0. The Morgan fingerprint density at radius 1 is 1.33 bits per heavy atom. The standard InChI is InChI=1S/C9H11F3N2O/c10-9(11,12)5-14-4-6-7(13-14)2-1-3-8(6)15/h13H,1-5H2. The molecular formula is C9H11F3N2O. The van der Waals surface area contributed by atoms with Crippen LogP contribution >= 0.6 is 0 Å². The van der Waals surface area contributed by atoms with E-state index in [1.165, 1.54) is 0 Å². The second kappa shape index (κ2) is 3.52. The summed E-state index contributed by atoms with van der Waals surface area (Å²) in [5, 5.41) is 1.05. The lowest BCUT2D eigenvalue weighted by atomic mass is 9.96. The number of carbonyl (C=O) groups excluding carboxylic acids is 1. The van der Waals surface area contributed by atoms with Gasteiger partial charge in [-0.1, -0.05) is 0 Å². The molecule has 0 spiro atoms. The molecule has 0 unspecified atom stereocenters. The number of hydrogen-bond acceptors (Lipinski definition) is 3. The first-order valence-electron chi connectivity index (χ1n) is 4.79. The van der Waals surface area contributed by atoms with Crippen LogP contribution in [0.5, 0.6) is 0 Å². The Kier molecular flexibility index (Phi) is 2.46. The largest absolute Gasteiger partial charge is 0.403 e. The Morgan fingerprint density at radius 2 is 2.07 bits per heavy atom. The van der Waals surface area contributed by atoms with Gasteiger partial charge in [0, 0.05) is 24.2 Å². The van der Waals surface area contributed by atoms with Crippen molar-refractivity contribution in [1.82, 2.24) is 10.4 Å². The van der Waals surface area contributed by atoms with Crippen LogP contribution in [-0.4, -0.2) is 30.1 Å². The number of nitrogens with zero attached hydrogens (tertiary/aromatic N) is 1. The number of allylic oxidation sites excluding steroid dienone is 1. The van der Waals surface area contributed by atoms with Crippen molar-refractivity contribution in [3.05, 3.63) is 11.3 Å². The first-order valence-corrected chi connectivity index (χ1v) is 4.79. The SMILES string of the molecule is O=C1CCCC2=C1CN(CC(F)(F)F)N2. The minimum atomic E-state index is -4.23. The second-order valence-corrected chi connectivity index (χ2v) is 3.82. The smallest absolute Gasteiger partial charge is 0.322 e. The van der Waals surface area contributed by atoms with Crippen molar-refractivity contribution in [1.29, 1.82) is 0 Å². The van der Waals surface area contributed by atoms with E-state index in [1.807, 2.05) is 0 Å². The Morgan fingerprint density at radius 3 is 2.67 bits per heavy atom. The lowest BCUT2D eigenvalue weighted by Crippen LogP contribution is -2.39. The van der Waals surface area contributed by atoms with Crippen molar-refractivity contribution in [2.24, 2.45) is 0 Å². The zero-order valence-corrected chi connectivity index (χ0v) is 8.02. The topological polar surface area (TPSA) is 32.3 Å². The van der Waals surface area contributed by atoms with Crippen LogP contribution in [0.2, 0.25) is 0 Å². The molecule has 0 aromatic carbocycles. The highest BCUT2D eigenvalue weighted by Crippen LogP contribution is 2.27. The fourth-order valence-corrected chi connectivity index (χ4v) is 1.94. The van der Waals surface area contributed by atoms with E-state index in [1.54, 1.807) is 0 Å². The molecule has 84 valence electrons. The van der Waals surface area contributed by atoms with Crippen LogP contribution in [-0.2, 0) is 4.79 Å². The fraction of sp³-hybridized carbons (Fsp3) is 0.667. The van der Waals surface area contributed by atoms with Gasteiger partial charge < -0.3 is 5.43 Å². The summed E-state index contributed by atoms with van der Waals surface area (Å²) in [6, 6.07) is 0. The zero-order valence-electron chi connectivity index (χ0n) is 8.02. The third-order valence-electron chi connectivity index (χ3n) is 2.54. The van der Waals surface area contributed by atoms with Crippen molar-refractivity contribution >= 4 is 5.78 Å². The van der Waals surface area contributed by atoms with E-state index >= 15 is 0 Å². The average Bonchev–Trinajstić information content (AvgIpc) is 2.45. The van der Waals surface area contributed by atoms with Gasteiger partial charge in [-0.3, -0.25) is 4.79 Å². The van der Waals surface area contributed by atoms with Crippen LogP contribution in [0.25, 0.3) is 0 Å². The van der Waals surface area contributed by atoms with Crippen molar-refractivity contribution < 1.29 is 18.0 Å². The molecule has 0 saturated heterocycles. The molecule has 0 fully saturated rings. The van der Waals surface area contributed by atoms with Crippen molar-refractivity contribution in [3.63, 3.8) is 0 Å². The van der Waals surface area contributed by atoms with Gasteiger partial charge in [-0.05, 0) is 12.8 Å². The van der Waals surface area contributed by atoms with Gasteiger partial charge in [0.25, 0.3) is 0 Å². The minimum Gasteiger partial charge on any atom is -0.322 e. The number of nitrogens with one attached hydrogen (secondary N) is 1. The number of hydrogen-bond donors (Lipinski definition) is 1. The second-order valence-electron chi connectivity index (χ2n) is 3.82. The third kappa shape index (κ3) is 2.31. The number of alkyl halides is 3. The summed E-state index contributed by atoms with van der Waals surface area (Å²) in [4.78, 5) is 11.4. The summed E-state index contributed by atoms with van der Waals surface area (Å²) in [5.74, 6) is -0.0200. The predicted octanol–water partition coefficient (Wildman–Crippen LogP) is 1.38. The van der Waals surface area contributed by atoms with Gasteiger partial charge in [0.15, 0.2) is 5.78 Å². The number of hydrazine groups is 1. The van der Waals surface area contributed by atoms with Gasteiger partial charge in [0.05, 0.1) is 0 Å². The molecule has 6 heteroatoms. The molecular weight excluding hydrogens is 209 g/mol. The molecule has 2 aliphatic rings. The van der Waals surface area contributed by atoms with Crippen molar-refractivity contribution in [2.45, 2.75) is 25.4 Å². The van der Waals surface area contributed by atoms with Crippen LogP contribution < -0.4 is 5.43 Å². The van der Waals surface area contributed by atoms with Gasteiger partial charge in [0.1, 0.15) is 6.54 Å². The van der Waals surface area contributed by atoms with Crippen LogP contribution in [0.1, 0.15) is 19.3 Å². The van der Waals surface area contributed by atoms with Crippen LogP contribution in [0.15, 0.2) is 11.3 Å². The van der Waals surface area contributed by atoms with E-state index < -0.39 is 12.7 Å². The van der Waals surface area contributed by atoms with E-state index in [0.717, 1.165) is 11.4 Å². The highest BCUT2D eigenvalue weighted by atomic mass is 19.4. The Hall–Kier alpha value is -1.04. The molecule has 1 aliphatic carbocycles. The number of rotatable bonds is 1. The molecule has 0 atom stereocenters. The lowest BCUT2D eigenvalue weighted by molar-refractivity contribution is -0.148. The fourth-order valence-electron chi connectivity index (χ4n) is 1.94. The molecule has 0 amide bonds. The van der Waals surface area contributed by atoms with Gasteiger partial charge >= 0.3 is 6.18 Å². The molecule has 0 radical (unpaired) electrons. The summed E-state index contributed by atoms with van der Waals surface area (Å²) in [5.41, 5.74) is 3.86. The Balaban J connectivity index is 2.01. The van der Waals surface area contributed by atoms with Crippen LogP contribution in [0, 0.1) is 0 Å². The third-order valence-corrected chi connectivity index (χ3v) is 2.54. The van der Waals surface area contributed by atoms with E-state index in [2.05, 4.69) is 5.43 Å². The first-order chi connectivity index (χ1) is 6.96. The molecule has 0 aromatic heterocycles. The summed E-state index contributed by atoms with van der Waals surface area (Å²) in [6.45, 7) is -0.943. The van der Waals surface area contributed by atoms with Gasteiger partial charge in [0.2, 0.25) is 0 Å². The maximum Gasteiger partial charge on any atom is 0.403 e. The van der Waals surface area contributed by atoms with Gasteiger partial charge in [-0.15, -0.1) is 0 Å². The summed E-state index contributed by atoms with van der Waals surface area (Å²) >= 11 is 0. The molecule has 0 saturated carbocycles. The Labute approximate surface area is 84.9 Å². The van der Waals surface area contributed by atoms with Crippen LogP contribution in [0.3, 0.4) is 0 Å². The summed E-state index contributed by atoms with van der Waals surface area (Å²) in [6.07, 6.45) is -2.37. The van der Waals surface area contributed by atoms with E-state index in [9.17, 15) is 18.0 Å². The molecule has 1 N–H and O–H groups in total. The monoisotopic (exact) mass is 220 g/mol.